The number of rotatable bonds is 4. The Labute approximate surface area is 170 Å². The molecule has 1 amide bonds. The van der Waals surface area contributed by atoms with Gasteiger partial charge in [0.2, 0.25) is 0 Å². The Kier molecular flexibility index (Phi) is 5.10. The number of H-pyrrole nitrogens is 1. The molecule has 3 aromatic heterocycles. The van der Waals surface area contributed by atoms with Crippen molar-refractivity contribution in [2.45, 2.75) is 37.3 Å². The Morgan fingerprint density at radius 2 is 2.24 bits per heavy atom. The van der Waals surface area contributed by atoms with Gasteiger partial charge in [-0.2, -0.15) is 0 Å². The van der Waals surface area contributed by atoms with Gasteiger partial charge >= 0.3 is 0 Å². The minimum atomic E-state index is -1.48. The monoisotopic (exact) mass is 418 g/mol. The average molecular weight is 419 g/mol. The molecule has 29 heavy (non-hydrogen) atoms. The number of nitrogens with one attached hydrogen (secondary N) is 3. The highest BCUT2D eigenvalue weighted by Crippen LogP contribution is 2.32. The molecule has 0 radical (unpaired) electrons. The molecule has 0 spiro atoms. The van der Waals surface area contributed by atoms with E-state index in [9.17, 15) is 14.3 Å². The van der Waals surface area contributed by atoms with Crippen molar-refractivity contribution < 1.29 is 14.3 Å². The topological polar surface area (TPSA) is 116 Å². The van der Waals surface area contributed by atoms with Crippen LogP contribution in [0.2, 0.25) is 5.02 Å². The fourth-order valence-corrected chi connectivity index (χ4v) is 3.93. The Morgan fingerprint density at radius 3 is 3.03 bits per heavy atom. The maximum Gasteiger partial charge on any atom is 0.251 e. The lowest BCUT2D eigenvalue weighted by atomic mass is 9.81. The van der Waals surface area contributed by atoms with E-state index in [1.54, 1.807) is 12.3 Å². The van der Waals surface area contributed by atoms with E-state index in [-0.39, 0.29) is 18.3 Å². The van der Waals surface area contributed by atoms with Gasteiger partial charge in [0.1, 0.15) is 11.2 Å². The van der Waals surface area contributed by atoms with E-state index in [0.29, 0.717) is 41.3 Å². The number of carbonyl (C=O) groups is 1. The van der Waals surface area contributed by atoms with E-state index in [0.717, 1.165) is 11.6 Å². The van der Waals surface area contributed by atoms with Crippen molar-refractivity contribution >= 4 is 34.4 Å². The number of fused-ring (bicyclic) bond motifs is 1. The van der Waals surface area contributed by atoms with Crippen molar-refractivity contribution in [1.82, 2.24) is 25.3 Å². The molecule has 1 saturated carbocycles. The highest BCUT2D eigenvalue weighted by atomic mass is 35.5. The van der Waals surface area contributed by atoms with Gasteiger partial charge in [-0.15, -0.1) is 0 Å². The third-order valence-corrected chi connectivity index (χ3v) is 5.41. The highest BCUT2D eigenvalue weighted by Gasteiger charge is 2.40. The molecule has 0 aromatic carbocycles. The summed E-state index contributed by atoms with van der Waals surface area (Å²) in [6.07, 6.45) is 6.16. The molecular formula is C19H20ClFN6O2. The molecule has 4 N–H and O–H groups in total. The summed E-state index contributed by atoms with van der Waals surface area (Å²) in [7, 11) is 1.48. The van der Waals surface area contributed by atoms with Crippen LogP contribution in [0.15, 0.2) is 24.7 Å². The zero-order chi connectivity index (χ0) is 20.6. The zero-order valence-corrected chi connectivity index (χ0v) is 16.4. The van der Waals surface area contributed by atoms with Crippen LogP contribution in [0, 0.1) is 5.82 Å². The van der Waals surface area contributed by atoms with E-state index in [1.807, 2.05) is 0 Å². The van der Waals surface area contributed by atoms with Gasteiger partial charge in [0.25, 0.3) is 5.91 Å². The van der Waals surface area contributed by atoms with Crippen LogP contribution in [-0.4, -0.2) is 49.6 Å². The zero-order valence-electron chi connectivity index (χ0n) is 15.7. The maximum absolute atomic E-state index is 14.4. The number of aromatic nitrogens is 4. The number of aromatic amines is 1. The van der Waals surface area contributed by atoms with E-state index in [1.165, 1.54) is 13.2 Å². The predicted octanol–water partition coefficient (Wildman–Crippen LogP) is 2.64. The van der Waals surface area contributed by atoms with Gasteiger partial charge in [-0.1, -0.05) is 11.6 Å². The molecule has 3 aromatic rings. The van der Waals surface area contributed by atoms with Crippen molar-refractivity contribution in [3.8, 4) is 11.4 Å². The first-order chi connectivity index (χ1) is 13.9. The summed E-state index contributed by atoms with van der Waals surface area (Å²) in [6.45, 7) is 0. The normalized spacial score (nSPS) is 21.9. The molecule has 1 fully saturated rings. The van der Waals surface area contributed by atoms with Crippen LogP contribution in [0.4, 0.5) is 10.2 Å². The fraction of sp³-hybridized carbons (Fsp3) is 0.368. The van der Waals surface area contributed by atoms with E-state index in [4.69, 9.17) is 11.6 Å². The van der Waals surface area contributed by atoms with Crippen molar-refractivity contribution in [2.24, 2.45) is 0 Å². The van der Waals surface area contributed by atoms with E-state index >= 15 is 0 Å². The molecule has 152 valence electrons. The van der Waals surface area contributed by atoms with E-state index < -0.39 is 17.3 Å². The van der Waals surface area contributed by atoms with Crippen LogP contribution in [0.5, 0.6) is 0 Å². The summed E-state index contributed by atoms with van der Waals surface area (Å²) < 4.78 is 14.4. The molecule has 3 heterocycles. The number of aliphatic hydroxyl groups is 1. The second-order valence-electron chi connectivity index (χ2n) is 7.19. The van der Waals surface area contributed by atoms with Crippen LogP contribution >= 0.6 is 11.6 Å². The minimum absolute atomic E-state index is 0.0190. The van der Waals surface area contributed by atoms with Gasteiger partial charge < -0.3 is 20.7 Å². The molecule has 0 aliphatic heterocycles. The summed E-state index contributed by atoms with van der Waals surface area (Å²) in [5.41, 5.74) is -0.214. The molecule has 10 heteroatoms. The Morgan fingerprint density at radius 1 is 1.41 bits per heavy atom. The number of anilines is 1. The summed E-state index contributed by atoms with van der Waals surface area (Å²) in [5, 5.41) is 17.3. The SMILES string of the molecule is CNC(=O)[C@]1(O)CCC[C@H](Nc2nc(-c3c[nH]c4ncc(Cl)cc34)ncc2F)C1. The smallest absolute Gasteiger partial charge is 0.251 e. The molecule has 0 saturated heterocycles. The molecule has 1 aliphatic carbocycles. The minimum Gasteiger partial charge on any atom is -0.380 e. The number of hydrogen-bond acceptors (Lipinski definition) is 6. The first-order valence-corrected chi connectivity index (χ1v) is 9.64. The maximum atomic E-state index is 14.4. The van der Waals surface area contributed by atoms with Crippen molar-refractivity contribution in [3.05, 3.63) is 35.5 Å². The Bertz CT molecular complexity index is 1070. The lowest BCUT2D eigenvalue weighted by molar-refractivity contribution is -0.142. The van der Waals surface area contributed by atoms with Gasteiger partial charge in [0.05, 0.1) is 11.2 Å². The van der Waals surface area contributed by atoms with Crippen LogP contribution in [0.25, 0.3) is 22.4 Å². The third-order valence-electron chi connectivity index (χ3n) is 5.20. The fourth-order valence-electron chi connectivity index (χ4n) is 3.77. The quantitative estimate of drug-likeness (QED) is 0.517. The van der Waals surface area contributed by atoms with E-state index in [2.05, 4.69) is 30.6 Å². The molecule has 0 bridgehead atoms. The number of amides is 1. The van der Waals surface area contributed by atoms with Crippen molar-refractivity contribution in [2.75, 3.05) is 12.4 Å². The molecule has 1 aliphatic rings. The molecule has 2 atom stereocenters. The van der Waals surface area contributed by atoms with Gasteiger partial charge in [0, 0.05) is 42.9 Å². The molecule has 8 nitrogen and oxygen atoms in total. The lowest BCUT2D eigenvalue weighted by Crippen LogP contribution is -2.51. The Balaban J connectivity index is 1.62. The summed E-state index contributed by atoms with van der Waals surface area (Å²) in [5.74, 6) is -0.720. The first-order valence-electron chi connectivity index (χ1n) is 9.26. The predicted molar refractivity (Wildman–Crippen MR) is 107 cm³/mol. The van der Waals surface area contributed by atoms with Crippen LogP contribution in [0.1, 0.15) is 25.7 Å². The standard InChI is InChI=1S/C19H20ClFN6O2/c1-22-18(28)19(29)4-2-3-11(6-19)26-17-14(21)9-25-16(27-17)13-8-24-15-12(13)5-10(20)7-23-15/h5,7-9,11,29H,2-4,6H2,1H3,(H,22,28)(H,23,24)(H,25,26,27)/t11-,19-/m0/s1. The average Bonchev–Trinajstić information content (AvgIpc) is 3.12. The van der Waals surface area contributed by atoms with Gasteiger partial charge in [-0.05, 0) is 25.3 Å². The van der Waals surface area contributed by atoms with Gasteiger partial charge in [0.15, 0.2) is 17.5 Å². The summed E-state index contributed by atoms with van der Waals surface area (Å²) >= 11 is 6.04. The largest absolute Gasteiger partial charge is 0.380 e. The number of carbonyl (C=O) groups excluding carboxylic acids is 1. The number of nitrogens with zero attached hydrogens (tertiary/aromatic N) is 3. The number of likely N-dealkylation sites (N-methyl/N-ethyl adjacent to an activating group) is 1. The first kappa shape index (κ1) is 19.5. The molecular weight excluding hydrogens is 399 g/mol. The van der Waals surface area contributed by atoms with Crippen molar-refractivity contribution in [1.29, 1.82) is 0 Å². The summed E-state index contributed by atoms with van der Waals surface area (Å²) in [4.78, 5) is 27.7. The van der Waals surface area contributed by atoms with Crippen LogP contribution < -0.4 is 10.6 Å². The van der Waals surface area contributed by atoms with Crippen molar-refractivity contribution in [3.63, 3.8) is 0 Å². The van der Waals surface area contributed by atoms with Crippen LogP contribution in [0.3, 0.4) is 0 Å². The van der Waals surface area contributed by atoms with Crippen LogP contribution in [-0.2, 0) is 4.79 Å². The van der Waals surface area contributed by atoms with Gasteiger partial charge in [-0.25, -0.2) is 19.3 Å². The third kappa shape index (κ3) is 3.75. The van der Waals surface area contributed by atoms with Gasteiger partial charge in [-0.3, -0.25) is 4.79 Å². The summed E-state index contributed by atoms with van der Waals surface area (Å²) in [6, 6.07) is 1.43. The second-order valence-corrected chi connectivity index (χ2v) is 7.63. The lowest BCUT2D eigenvalue weighted by Gasteiger charge is -2.35. The number of pyridine rings is 1. The number of halogens is 2. The molecule has 0 unspecified atom stereocenters. The molecule has 4 rings (SSSR count). The second kappa shape index (κ2) is 7.57. The Hall–Kier alpha value is -2.78. The number of hydrogen-bond donors (Lipinski definition) is 4. The highest BCUT2D eigenvalue weighted by molar-refractivity contribution is 6.31.